The van der Waals surface area contributed by atoms with Gasteiger partial charge in [-0.3, -0.25) is 4.99 Å². The third-order valence-electron chi connectivity index (χ3n) is 5.42. The molecule has 0 saturated carbocycles. The van der Waals surface area contributed by atoms with Crippen LogP contribution in [0.15, 0.2) is 10.4 Å². The number of unbranched alkanes of at least 4 members (excludes halogenated alkanes) is 1. The zero-order valence-corrected chi connectivity index (χ0v) is 19.8. The summed E-state index contributed by atoms with van der Waals surface area (Å²) in [6.07, 6.45) is 2.39. The molecule has 0 bridgehead atoms. The van der Waals surface area contributed by atoms with E-state index in [0.29, 0.717) is 0 Å². The van der Waals surface area contributed by atoms with Crippen molar-refractivity contribution in [2.24, 2.45) is 4.99 Å². The second-order valence-corrected chi connectivity index (χ2v) is 8.52. The van der Waals surface area contributed by atoms with Gasteiger partial charge in [0, 0.05) is 58.8 Å². The number of ether oxygens (including phenoxy) is 1. The molecule has 0 aliphatic carbocycles. The van der Waals surface area contributed by atoms with Crippen LogP contribution in [0.5, 0.6) is 0 Å². The van der Waals surface area contributed by atoms with Crippen LogP contribution in [-0.4, -0.2) is 92.2 Å². The van der Waals surface area contributed by atoms with Gasteiger partial charge >= 0.3 is 0 Å². The molecular formula is C21H40N6OS. The van der Waals surface area contributed by atoms with E-state index in [1.165, 1.54) is 45.7 Å². The Labute approximate surface area is 181 Å². The van der Waals surface area contributed by atoms with Crippen LogP contribution in [0.3, 0.4) is 0 Å². The molecule has 1 aromatic rings. The van der Waals surface area contributed by atoms with Gasteiger partial charge in [0.2, 0.25) is 0 Å². The summed E-state index contributed by atoms with van der Waals surface area (Å²) in [6.45, 7) is 16.1. The Bertz CT molecular complexity index is 600. The van der Waals surface area contributed by atoms with Gasteiger partial charge in [0.15, 0.2) is 5.96 Å². The van der Waals surface area contributed by atoms with Gasteiger partial charge in [0.1, 0.15) is 11.1 Å². The monoisotopic (exact) mass is 424 g/mol. The highest BCUT2D eigenvalue weighted by Gasteiger charge is 2.15. The van der Waals surface area contributed by atoms with Crippen molar-refractivity contribution in [2.75, 3.05) is 66.5 Å². The first-order valence-electron chi connectivity index (χ1n) is 11.0. The normalized spacial score (nSPS) is 17.5. The number of piperazine rings is 1. The highest BCUT2D eigenvalue weighted by Crippen LogP contribution is 2.20. The van der Waals surface area contributed by atoms with E-state index in [1.54, 1.807) is 18.4 Å². The van der Waals surface area contributed by atoms with Crippen LogP contribution in [0, 0.1) is 0 Å². The number of rotatable bonds is 11. The van der Waals surface area contributed by atoms with Crippen molar-refractivity contribution in [3.63, 3.8) is 0 Å². The van der Waals surface area contributed by atoms with Crippen LogP contribution in [0.25, 0.3) is 0 Å². The lowest BCUT2D eigenvalue weighted by molar-refractivity contribution is 0.119. The maximum absolute atomic E-state index is 5.36. The standard InChI is InChI=1S/C21H40N6OS/c1-6-22-21(25(4)16-19-17-29-20(24-19)18(3)28-5)23-10-8-9-11-27-14-12-26(7-2)13-15-27/h17-18H,6-16H2,1-5H3,(H,22,23). The predicted octanol–water partition coefficient (Wildman–Crippen LogP) is 2.67. The molecule has 8 heteroatoms. The van der Waals surface area contributed by atoms with Gasteiger partial charge in [-0.25, -0.2) is 4.98 Å². The van der Waals surface area contributed by atoms with Crippen LogP contribution < -0.4 is 5.32 Å². The Balaban J connectivity index is 1.74. The fourth-order valence-electron chi connectivity index (χ4n) is 3.43. The quantitative estimate of drug-likeness (QED) is 0.335. The van der Waals surface area contributed by atoms with Crippen molar-refractivity contribution in [1.82, 2.24) is 25.0 Å². The molecule has 0 radical (unpaired) electrons. The number of nitrogens with one attached hydrogen (secondary N) is 1. The van der Waals surface area contributed by atoms with Crippen LogP contribution in [0.4, 0.5) is 0 Å². The second kappa shape index (κ2) is 13.2. The van der Waals surface area contributed by atoms with E-state index >= 15 is 0 Å². The summed E-state index contributed by atoms with van der Waals surface area (Å²) < 4.78 is 5.36. The molecule has 1 saturated heterocycles. The van der Waals surface area contributed by atoms with Gasteiger partial charge in [0.25, 0.3) is 0 Å². The lowest BCUT2D eigenvalue weighted by atomic mass is 10.2. The number of hydrogen-bond donors (Lipinski definition) is 1. The molecule has 0 spiro atoms. The number of likely N-dealkylation sites (N-methyl/N-ethyl adjacent to an activating group) is 1. The zero-order valence-electron chi connectivity index (χ0n) is 19.0. The number of nitrogens with zero attached hydrogens (tertiary/aromatic N) is 5. The molecule has 1 unspecified atom stereocenters. The molecule has 29 heavy (non-hydrogen) atoms. The Morgan fingerprint density at radius 1 is 1.28 bits per heavy atom. The molecule has 7 nitrogen and oxygen atoms in total. The van der Waals surface area contributed by atoms with Crippen molar-refractivity contribution in [1.29, 1.82) is 0 Å². The van der Waals surface area contributed by atoms with Gasteiger partial charge in [-0.05, 0) is 39.8 Å². The maximum Gasteiger partial charge on any atom is 0.194 e. The zero-order chi connectivity index (χ0) is 21.1. The lowest BCUT2D eigenvalue weighted by Gasteiger charge is -2.33. The maximum atomic E-state index is 5.36. The van der Waals surface area contributed by atoms with E-state index in [2.05, 4.69) is 46.3 Å². The van der Waals surface area contributed by atoms with Crippen LogP contribution >= 0.6 is 11.3 Å². The van der Waals surface area contributed by atoms with Gasteiger partial charge in [-0.1, -0.05) is 6.92 Å². The Morgan fingerprint density at radius 2 is 2.00 bits per heavy atom. The van der Waals surface area contributed by atoms with Crippen molar-refractivity contribution in [3.05, 3.63) is 16.1 Å². The molecule has 2 rings (SSSR count). The Hall–Kier alpha value is -1.22. The first kappa shape index (κ1) is 24.1. The van der Waals surface area contributed by atoms with E-state index in [0.717, 1.165) is 42.7 Å². The lowest BCUT2D eigenvalue weighted by Crippen LogP contribution is -2.46. The fourth-order valence-corrected chi connectivity index (χ4v) is 4.27. The number of thiazole rings is 1. The third kappa shape index (κ3) is 8.20. The Kier molecular flexibility index (Phi) is 10.9. The molecule has 1 atom stereocenters. The topological polar surface area (TPSA) is 56.2 Å². The largest absolute Gasteiger partial charge is 0.375 e. The number of aromatic nitrogens is 1. The molecule has 2 heterocycles. The van der Waals surface area contributed by atoms with Gasteiger partial charge in [-0.2, -0.15) is 0 Å². The molecular weight excluding hydrogens is 384 g/mol. The molecule has 1 N–H and O–H groups in total. The van der Waals surface area contributed by atoms with Crippen molar-refractivity contribution in [2.45, 2.75) is 46.3 Å². The number of guanidine groups is 1. The summed E-state index contributed by atoms with van der Waals surface area (Å²) in [5.74, 6) is 0.957. The summed E-state index contributed by atoms with van der Waals surface area (Å²) in [4.78, 5) is 16.8. The highest BCUT2D eigenvalue weighted by atomic mass is 32.1. The van der Waals surface area contributed by atoms with Crippen molar-refractivity contribution >= 4 is 17.3 Å². The van der Waals surface area contributed by atoms with Crippen LogP contribution in [0.1, 0.15) is 50.4 Å². The first-order valence-corrected chi connectivity index (χ1v) is 11.9. The Morgan fingerprint density at radius 3 is 2.66 bits per heavy atom. The molecule has 1 aliphatic rings. The minimum Gasteiger partial charge on any atom is -0.375 e. The summed E-state index contributed by atoms with van der Waals surface area (Å²) in [5, 5.41) is 6.55. The SMILES string of the molecule is CCNC(=NCCCCN1CCN(CC)CC1)N(C)Cc1csc(C(C)OC)n1. The molecule has 0 aromatic carbocycles. The van der Waals surface area contributed by atoms with E-state index in [1.807, 2.05) is 6.92 Å². The summed E-state index contributed by atoms with van der Waals surface area (Å²) in [7, 11) is 3.80. The van der Waals surface area contributed by atoms with Crippen LogP contribution in [-0.2, 0) is 11.3 Å². The molecule has 1 fully saturated rings. The molecule has 0 amide bonds. The average Bonchev–Trinajstić information content (AvgIpc) is 3.21. The molecule has 1 aliphatic heterocycles. The van der Waals surface area contributed by atoms with Gasteiger partial charge in [-0.15, -0.1) is 11.3 Å². The molecule has 166 valence electrons. The fraction of sp³-hybridized carbons (Fsp3) is 0.810. The summed E-state index contributed by atoms with van der Waals surface area (Å²) in [6, 6.07) is 0. The minimum atomic E-state index is 0.0471. The van der Waals surface area contributed by atoms with Gasteiger partial charge < -0.3 is 24.8 Å². The number of methoxy groups -OCH3 is 1. The number of aliphatic imine (C=N–C) groups is 1. The second-order valence-electron chi connectivity index (χ2n) is 7.63. The highest BCUT2D eigenvalue weighted by molar-refractivity contribution is 7.09. The van der Waals surface area contributed by atoms with E-state index < -0.39 is 0 Å². The number of hydrogen-bond acceptors (Lipinski definition) is 6. The third-order valence-corrected chi connectivity index (χ3v) is 6.48. The van der Waals surface area contributed by atoms with E-state index in [4.69, 9.17) is 14.7 Å². The first-order chi connectivity index (χ1) is 14.1. The van der Waals surface area contributed by atoms with Gasteiger partial charge in [0.05, 0.1) is 12.2 Å². The van der Waals surface area contributed by atoms with E-state index in [-0.39, 0.29) is 6.10 Å². The smallest absolute Gasteiger partial charge is 0.194 e. The van der Waals surface area contributed by atoms with Crippen LogP contribution in [0.2, 0.25) is 0 Å². The average molecular weight is 425 g/mol. The summed E-state index contributed by atoms with van der Waals surface area (Å²) >= 11 is 1.66. The molecule has 1 aromatic heterocycles. The summed E-state index contributed by atoms with van der Waals surface area (Å²) in [5.41, 5.74) is 1.06. The van der Waals surface area contributed by atoms with Crippen molar-refractivity contribution < 1.29 is 4.74 Å². The predicted molar refractivity (Wildman–Crippen MR) is 123 cm³/mol. The van der Waals surface area contributed by atoms with Crippen molar-refractivity contribution in [3.8, 4) is 0 Å². The van der Waals surface area contributed by atoms with E-state index in [9.17, 15) is 0 Å². The minimum absolute atomic E-state index is 0.0471.